The molecule has 2 nitrogen and oxygen atoms in total. The molecule has 0 aliphatic rings. The summed E-state index contributed by atoms with van der Waals surface area (Å²) in [5, 5.41) is 3.64. The van der Waals surface area contributed by atoms with Gasteiger partial charge < -0.3 is 10.1 Å². The van der Waals surface area contributed by atoms with Crippen LogP contribution >= 0.6 is 0 Å². The third-order valence-corrected chi connectivity index (χ3v) is 3.92. The largest absolute Gasteiger partial charge is 0.497 e. The zero-order chi connectivity index (χ0) is 15.9. The number of hydrogen-bond donors (Lipinski definition) is 1. The van der Waals surface area contributed by atoms with Crippen molar-refractivity contribution in [3.63, 3.8) is 0 Å². The molecular formula is C21H21NO. The molecule has 0 radical (unpaired) electrons. The van der Waals surface area contributed by atoms with Gasteiger partial charge in [-0.3, -0.25) is 0 Å². The second-order valence-electron chi connectivity index (χ2n) is 5.53. The van der Waals surface area contributed by atoms with E-state index in [2.05, 4.69) is 72.0 Å². The van der Waals surface area contributed by atoms with Crippen molar-refractivity contribution >= 4 is 5.69 Å². The van der Waals surface area contributed by atoms with Crippen LogP contribution in [0.4, 0.5) is 5.69 Å². The molecule has 116 valence electrons. The lowest BCUT2D eigenvalue weighted by Crippen LogP contribution is -2.13. The van der Waals surface area contributed by atoms with Crippen molar-refractivity contribution in [1.29, 1.82) is 0 Å². The minimum atomic E-state index is 0.214. The standard InChI is InChI=1S/C21H21NO/c1-23-20-14-12-18(13-15-20)21(16-17-8-4-2-5-9-17)22-19-10-6-3-7-11-19/h2-15,21-22H,16H2,1H3/t21-/m0/s1. The first-order valence-corrected chi connectivity index (χ1v) is 7.84. The van der Waals surface area contributed by atoms with E-state index in [-0.39, 0.29) is 6.04 Å². The molecule has 23 heavy (non-hydrogen) atoms. The molecule has 3 aromatic carbocycles. The van der Waals surface area contributed by atoms with Crippen molar-refractivity contribution in [3.05, 3.63) is 96.1 Å². The minimum absolute atomic E-state index is 0.214. The lowest BCUT2D eigenvalue weighted by Gasteiger charge is -2.21. The Morgan fingerprint density at radius 3 is 2.00 bits per heavy atom. The lowest BCUT2D eigenvalue weighted by molar-refractivity contribution is 0.414. The van der Waals surface area contributed by atoms with Crippen LogP contribution in [0.3, 0.4) is 0 Å². The van der Waals surface area contributed by atoms with Gasteiger partial charge in [-0.15, -0.1) is 0 Å². The maximum atomic E-state index is 5.27. The summed E-state index contributed by atoms with van der Waals surface area (Å²) < 4.78 is 5.27. The first-order valence-electron chi connectivity index (χ1n) is 7.84. The molecule has 0 spiro atoms. The van der Waals surface area contributed by atoms with E-state index in [9.17, 15) is 0 Å². The molecule has 3 aromatic rings. The average molecular weight is 303 g/mol. The predicted octanol–water partition coefficient (Wildman–Crippen LogP) is 5.09. The van der Waals surface area contributed by atoms with E-state index in [0.717, 1.165) is 17.9 Å². The third kappa shape index (κ3) is 4.13. The monoisotopic (exact) mass is 303 g/mol. The molecule has 0 aliphatic carbocycles. The molecule has 3 rings (SSSR count). The summed E-state index contributed by atoms with van der Waals surface area (Å²) in [5.74, 6) is 0.881. The number of hydrogen-bond acceptors (Lipinski definition) is 2. The Hall–Kier alpha value is -2.74. The summed E-state index contributed by atoms with van der Waals surface area (Å²) in [6.45, 7) is 0. The van der Waals surface area contributed by atoms with Crippen molar-refractivity contribution < 1.29 is 4.74 Å². The summed E-state index contributed by atoms with van der Waals surface area (Å²) in [4.78, 5) is 0. The van der Waals surface area contributed by atoms with Crippen molar-refractivity contribution in [2.24, 2.45) is 0 Å². The van der Waals surface area contributed by atoms with E-state index >= 15 is 0 Å². The maximum absolute atomic E-state index is 5.27. The topological polar surface area (TPSA) is 21.3 Å². The minimum Gasteiger partial charge on any atom is -0.497 e. The molecule has 1 N–H and O–H groups in total. The van der Waals surface area contributed by atoms with E-state index in [1.807, 2.05) is 18.2 Å². The fourth-order valence-electron chi connectivity index (χ4n) is 2.67. The smallest absolute Gasteiger partial charge is 0.118 e. The number of benzene rings is 3. The van der Waals surface area contributed by atoms with Crippen LogP contribution in [0.5, 0.6) is 5.75 Å². The van der Waals surface area contributed by atoms with Crippen LogP contribution in [-0.4, -0.2) is 7.11 Å². The number of methoxy groups -OCH3 is 1. The molecule has 0 bridgehead atoms. The normalized spacial score (nSPS) is 11.7. The Morgan fingerprint density at radius 1 is 0.783 bits per heavy atom. The zero-order valence-electron chi connectivity index (χ0n) is 13.3. The molecule has 0 unspecified atom stereocenters. The van der Waals surface area contributed by atoms with Crippen LogP contribution in [-0.2, 0) is 6.42 Å². The van der Waals surface area contributed by atoms with Gasteiger partial charge in [0.2, 0.25) is 0 Å². The highest BCUT2D eigenvalue weighted by Gasteiger charge is 2.12. The Kier molecular flexibility index (Phi) is 4.95. The highest BCUT2D eigenvalue weighted by Crippen LogP contribution is 2.25. The van der Waals surface area contributed by atoms with Crippen molar-refractivity contribution in [1.82, 2.24) is 0 Å². The van der Waals surface area contributed by atoms with Gasteiger partial charge in [-0.2, -0.15) is 0 Å². The Morgan fingerprint density at radius 2 is 1.39 bits per heavy atom. The molecule has 0 fully saturated rings. The Labute approximate surface area is 137 Å². The molecule has 0 aliphatic heterocycles. The van der Waals surface area contributed by atoms with E-state index < -0.39 is 0 Å². The fourth-order valence-corrected chi connectivity index (χ4v) is 2.67. The van der Waals surface area contributed by atoms with Gasteiger partial charge in [-0.05, 0) is 41.8 Å². The molecular weight excluding hydrogens is 282 g/mol. The molecule has 0 saturated carbocycles. The first-order chi connectivity index (χ1) is 11.3. The van der Waals surface area contributed by atoms with Gasteiger partial charge in [0, 0.05) is 5.69 Å². The summed E-state index contributed by atoms with van der Waals surface area (Å²) >= 11 is 0. The number of nitrogens with one attached hydrogen (secondary N) is 1. The van der Waals surface area contributed by atoms with Crippen LogP contribution in [0.25, 0.3) is 0 Å². The predicted molar refractivity (Wildman–Crippen MR) is 95.9 cm³/mol. The Bertz CT molecular complexity index is 666. The number of anilines is 1. The van der Waals surface area contributed by atoms with E-state index in [1.165, 1.54) is 11.1 Å². The van der Waals surface area contributed by atoms with Gasteiger partial charge >= 0.3 is 0 Å². The SMILES string of the molecule is COc1ccc([C@H](Cc2ccccc2)Nc2ccccc2)cc1. The summed E-state index contributed by atoms with van der Waals surface area (Å²) in [5.41, 5.74) is 3.69. The Balaban J connectivity index is 1.85. The maximum Gasteiger partial charge on any atom is 0.118 e. The van der Waals surface area contributed by atoms with Crippen molar-refractivity contribution in [2.45, 2.75) is 12.5 Å². The molecule has 0 aromatic heterocycles. The summed E-state index contributed by atoms with van der Waals surface area (Å²) in [7, 11) is 1.69. The van der Waals surface area contributed by atoms with Crippen LogP contribution in [0.1, 0.15) is 17.2 Å². The van der Waals surface area contributed by atoms with E-state index in [4.69, 9.17) is 4.74 Å². The lowest BCUT2D eigenvalue weighted by atomic mass is 9.98. The second kappa shape index (κ2) is 7.50. The molecule has 2 heteroatoms. The first kappa shape index (κ1) is 15.2. The molecule has 1 atom stereocenters. The average Bonchev–Trinajstić information content (AvgIpc) is 2.63. The van der Waals surface area contributed by atoms with Gasteiger partial charge in [0.05, 0.1) is 13.2 Å². The highest BCUT2D eigenvalue weighted by molar-refractivity contribution is 5.46. The number of para-hydroxylation sites is 1. The zero-order valence-corrected chi connectivity index (χ0v) is 13.3. The number of ether oxygens (including phenoxy) is 1. The second-order valence-corrected chi connectivity index (χ2v) is 5.53. The molecule has 0 amide bonds. The summed E-state index contributed by atoms with van der Waals surface area (Å²) in [6.07, 6.45) is 0.933. The third-order valence-electron chi connectivity index (χ3n) is 3.92. The highest BCUT2D eigenvalue weighted by atomic mass is 16.5. The molecule has 0 heterocycles. The van der Waals surface area contributed by atoms with E-state index in [0.29, 0.717) is 0 Å². The fraction of sp³-hybridized carbons (Fsp3) is 0.143. The van der Waals surface area contributed by atoms with E-state index in [1.54, 1.807) is 7.11 Å². The van der Waals surface area contributed by atoms with Crippen molar-refractivity contribution in [2.75, 3.05) is 12.4 Å². The van der Waals surface area contributed by atoms with Crippen LogP contribution in [0.15, 0.2) is 84.9 Å². The van der Waals surface area contributed by atoms with Gasteiger partial charge in [0.15, 0.2) is 0 Å². The van der Waals surface area contributed by atoms with Gasteiger partial charge in [-0.25, -0.2) is 0 Å². The van der Waals surface area contributed by atoms with Gasteiger partial charge in [0.1, 0.15) is 5.75 Å². The quantitative estimate of drug-likeness (QED) is 0.684. The summed E-state index contributed by atoms with van der Waals surface area (Å²) in [6, 6.07) is 29.4. The molecule has 0 saturated heterocycles. The van der Waals surface area contributed by atoms with Crippen LogP contribution < -0.4 is 10.1 Å². The van der Waals surface area contributed by atoms with Crippen LogP contribution in [0, 0.1) is 0 Å². The number of rotatable bonds is 6. The van der Waals surface area contributed by atoms with Crippen molar-refractivity contribution in [3.8, 4) is 5.75 Å². The van der Waals surface area contributed by atoms with Gasteiger partial charge in [0.25, 0.3) is 0 Å². The van der Waals surface area contributed by atoms with Gasteiger partial charge in [-0.1, -0.05) is 60.7 Å². The van der Waals surface area contributed by atoms with Crippen LogP contribution in [0.2, 0.25) is 0 Å².